The molecular weight excluding hydrogens is 741 g/mol. The van der Waals surface area contributed by atoms with E-state index in [2.05, 4.69) is 40.1 Å². The van der Waals surface area contributed by atoms with Crippen LogP contribution < -0.4 is 0 Å². The molecule has 0 aliphatic rings. The van der Waals surface area contributed by atoms with Crippen molar-refractivity contribution in [1.82, 2.24) is 49.5 Å². The summed E-state index contributed by atoms with van der Waals surface area (Å²) in [6, 6.07) is 5.47. The van der Waals surface area contributed by atoms with E-state index in [1.54, 1.807) is 0 Å². The molecule has 4 atom stereocenters. The standard InChI is InChI=1S/C16H12Cl2F3N5O.C16H14F3N5O/c1-8(13-12(21)14(17)25-15(18)24-13)16(27,5-26-7-22-6-23-26)10-3-2-9(19)4-11(10)20;1-10(15-14(19)5-20-7-22-15)16(25,6-24-9-21-8-23-24)12-3-2-11(17)4-13(12)18/h2-4,6-8,27H,5H2,1H3;2-5,7-10,25H,6H2,1H3. The Labute approximate surface area is 300 Å². The van der Waals surface area contributed by atoms with Crippen LogP contribution in [0, 0.1) is 34.9 Å². The van der Waals surface area contributed by atoms with E-state index in [4.69, 9.17) is 23.2 Å². The van der Waals surface area contributed by atoms with Crippen molar-refractivity contribution < 1.29 is 36.6 Å². The predicted molar refractivity (Wildman–Crippen MR) is 171 cm³/mol. The lowest BCUT2D eigenvalue weighted by Crippen LogP contribution is -2.39. The van der Waals surface area contributed by atoms with Crippen molar-refractivity contribution in [3.63, 3.8) is 0 Å². The zero-order chi connectivity index (χ0) is 37.8. The fourth-order valence-electron chi connectivity index (χ4n) is 5.50. The number of benzene rings is 2. The van der Waals surface area contributed by atoms with Crippen molar-refractivity contribution in [2.24, 2.45) is 0 Å². The summed E-state index contributed by atoms with van der Waals surface area (Å²) in [6.07, 6.45) is 7.16. The average molecular weight is 768 g/mol. The van der Waals surface area contributed by atoms with Crippen LogP contribution >= 0.6 is 23.2 Å². The number of aliphatic hydroxyl groups is 2. The molecule has 2 aromatic carbocycles. The maximum atomic E-state index is 14.5. The minimum absolute atomic E-state index is 0.0960. The molecule has 0 aliphatic carbocycles. The van der Waals surface area contributed by atoms with Gasteiger partial charge in [0.2, 0.25) is 5.28 Å². The van der Waals surface area contributed by atoms with Crippen LogP contribution in [0.5, 0.6) is 0 Å². The van der Waals surface area contributed by atoms with Crippen LogP contribution in [0.1, 0.15) is 48.2 Å². The summed E-state index contributed by atoms with van der Waals surface area (Å²) >= 11 is 11.5. The predicted octanol–water partition coefficient (Wildman–Crippen LogP) is 5.66. The van der Waals surface area contributed by atoms with Crippen LogP contribution in [-0.2, 0) is 24.3 Å². The first-order valence-corrected chi connectivity index (χ1v) is 15.7. The fraction of sp³-hybridized carbons (Fsp3) is 0.250. The molecule has 4 aromatic heterocycles. The lowest BCUT2D eigenvalue weighted by Gasteiger charge is -2.34. The molecule has 6 aromatic rings. The van der Waals surface area contributed by atoms with Crippen LogP contribution in [0.3, 0.4) is 0 Å². The van der Waals surface area contributed by atoms with Crippen molar-refractivity contribution in [2.45, 2.75) is 50.0 Å². The SMILES string of the molecule is CC(c1nc(Cl)nc(Cl)c1F)C(O)(Cn1cncn1)c1ccc(F)cc1F.CC(c1ncncc1F)C(O)(Cn1cncn1)c1ccc(F)cc1F. The van der Waals surface area contributed by atoms with E-state index in [0.29, 0.717) is 12.1 Å². The highest BCUT2D eigenvalue weighted by molar-refractivity contribution is 6.31. The zero-order valence-corrected chi connectivity index (χ0v) is 28.4. The number of aromatic nitrogens is 10. The van der Waals surface area contributed by atoms with Crippen LogP contribution in [0.25, 0.3) is 0 Å². The lowest BCUT2D eigenvalue weighted by atomic mass is 9.79. The van der Waals surface area contributed by atoms with Gasteiger partial charge >= 0.3 is 0 Å². The highest BCUT2D eigenvalue weighted by Gasteiger charge is 2.43. The van der Waals surface area contributed by atoms with E-state index in [1.165, 1.54) is 48.5 Å². The second kappa shape index (κ2) is 15.7. The molecule has 0 bridgehead atoms. The Bertz CT molecular complexity index is 2150. The molecular formula is C32H26Cl2F6N10O2. The third kappa shape index (κ3) is 8.04. The second-order valence-corrected chi connectivity index (χ2v) is 12.2. The Morgan fingerprint density at radius 1 is 0.673 bits per heavy atom. The van der Waals surface area contributed by atoms with Crippen molar-refractivity contribution in [2.75, 3.05) is 0 Å². The Morgan fingerprint density at radius 3 is 1.62 bits per heavy atom. The van der Waals surface area contributed by atoms with Crippen LogP contribution in [0.2, 0.25) is 10.4 Å². The average Bonchev–Trinajstić information content (AvgIpc) is 3.81. The molecule has 2 N–H and O–H groups in total. The topological polar surface area (TPSA) is 153 Å². The fourth-order valence-corrected chi connectivity index (χ4v) is 5.90. The van der Waals surface area contributed by atoms with Gasteiger partial charge in [0, 0.05) is 35.1 Å². The third-order valence-corrected chi connectivity index (χ3v) is 8.71. The minimum atomic E-state index is -2.09. The molecule has 0 amide bonds. The first-order chi connectivity index (χ1) is 24.6. The molecule has 0 fully saturated rings. The lowest BCUT2D eigenvalue weighted by molar-refractivity contribution is -0.0137. The van der Waals surface area contributed by atoms with Gasteiger partial charge in [0.05, 0.1) is 30.7 Å². The van der Waals surface area contributed by atoms with Crippen LogP contribution in [0.4, 0.5) is 26.3 Å². The molecule has 4 unspecified atom stereocenters. The maximum Gasteiger partial charge on any atom is 0.224 e. The normalized spacial score (nSPS) is 14.8. The van der Waals surface area contributed by atoms with Gasteiger partial charge in [0.25, 0.3) is 0 Å². The van der Waals surface area contributed by atoms with Crippen molar-refractivity contribution in [3.8, 4) is 0 Å². The number of rotatable bonds is 10. The van der Waals surface area contributed by atoms with E-state index in [9.17, 15) is 36.6 Å². The molecule has 0 aliphatic heterocycles. The Balaban J connectivity index is 0.000000202. The first kappa shape index (κ1) is 38.2. The molecule has 20 heteroatoms. The van der Waals surface area contributed by atoms with Gasteiger partial charge < -0.3 is 10.2 Å². The largest absolute Gasteiger partial charge is 0.382 e. The van der Waals surface area contributed by atoms with Gasteiger partial charge in [-0.2, -0.15) is 10.2 Å². The van der Waals surface area contributed by atoms with Crippen molar-refractivity contribution >= 4 is 23.2 Å². The molecule has 0 spiro atoms. The number of hydrogen-bond acceptors (Lipinski definition) is 10. The number of hydrogen-bond donors (Lipinski definition) is 2. The van der Waals surface area contributed by atoms with Gasteiger partial charge in [-0.05, 0) is 23.7 Å². The number of nitrogens with zero attached hydrogens (tertiary/aromatic N) is 10. The summed E-state index contributed by atoms with van der Waals surface area (Å²) in [5.74, 6) is -7.49. The van der Waals surface area contributed by atoms with Gasteiger partial charge in [-0.25, -0.2) is 65.6 Å². The highest BCUT2D eigenvalue weighted by atomic mass is 35.5. The molecule has 0 saturated carbocycles. The summed E-state index contributed by atoms with van der Waals surface area (Å²) in [5, 5.41) is 29.6. The van der Waals surface area contributed by atoms with Gasteiger partial charge in [-0.3, -0.25) is 0 Å². The van der Waals surface area contributed by atoms with Gasteiger partial charge in [-0.15, -0.1) is 0 Å². The van der Waals surface area contributed by atoms with E-state index in [-0.39, 0.29) is 40.9 Å². The summed E-state index contributed by atoms with van der Waals surface area (Å²) in [7, 11) is 0. The Kier molecular flexibility index (Phi) is 11.5. The summed E-state index contributed by atoms with van der Waals surface area (Å²) in [4.78, 5) is 22.2. The van der Waals surface area contributed by atoms with Gasteiger partial charge in [0.15, 0.2) is 16.8 Å². The quantitative estimate of drug-likeness (QED) is 0.101. The molecule has 272 valence electrons. The Hall–Kier alpha value is -5.04. The Morgan fingerprint density at radius 2 is 1.17 bits per heavy atom. The molecule has 52 heavy (non-hydrogen) atoms. The monoisotopic (exact) mass is 766 g/mol. The zero-order valence-electron chi connectivity index (χ0n) is 26.9. The summed E-state index contributed by atoms with van der Waals surface area (Å²) < 4.78 is 86.6. The minimum Gasteiger partial charge on any atom is -0.382 e. The van der Waals surface area contributed by atoms with E-state index in [1.807, 2.05) is 0 Å². The molecule has 12 nitrogen and oxygen atoms in total. The van der Waals surface area contributed by atoms with Gasteiger partial charge in [-0.1, -0.05) is 37.6 Å². The molecule has 6 rings (SSSR count). The number of halogens is 8. The molecule has 4 heterocycles. The van der Waals surface area contributed by atoms with Crippen LogP contribution in [0.15, 0.2) is 74.2 Å². The third-order valence-electron chi connectivity index (χ3n) is 8.29. The smallest absolute Gasteiger partial charge is 0.224 e. The van der Waals surface area contributed by atoms with Crippen molar-refractivity contribution in [1.29, 1.82) is 0 Å². The van der Waals surface area contributed by atoms with E-state index < -0.39 is 63.1 Å². The maximum absolute atomic E-state index is 14.5. The molecule has 0 saturated heterocycles. The van der Waals surface area contributed by atoms with Crippen LogP contribution in [-0.4, -0.2) is 59.7 Å². The van der Waals surface area contributed by atoms with E-state index >= 15 is 0 Å². The second-order valence-electron chi connectivity index (χ2n) is 11.5. The summed E-state index contributed by atoms with van der Waals surface area (Å²) in [5.41, 5.74) is -4.95. The first-order valence-electron chi connectivity index (χ1n) is 15.0. The van der Waals surface area contributed by atoms with E-state index in [0.717, 1.165) is 36.8 Å². The molecule has 0 radical (unpaired) electrons. The van der Waals surface area contributed by atoms with Crippen molar-refractivity contribution in [3.05, 3.63) is 142 Å². The summed E-state index contributed by atoms with van der Waals surface area (Å²) in [6.45, 7) is 2.33. The van der Waals surface area contributed by atoms with Gasteiger partial charge in [0.1, 0.15) is 66.1 Å². The highest BCUT2D eigenvalue weighted by Crippen LogP contribution is 2.41.